The quantitative estimate of drug-likeness (QED) is 0.737. The van der Waals surface area contributed by atoms with Crippen LogP contribution in [0, 0.1) is 7.05 Å². The number of hydrogen-bond acceptors (Lipinski definition) is 4. The molecule has 0 aromatic heterocycles. The van der Waals surface area contributed by atoms with E-state index >= 15 is 0 Å². The van der Waals surface area contributed by atoms with Gasteiger partial charge in [0.2, 0.25) is 0 Å². The molecule has 0 spiro atoms. The van der Waals surface area contributed by atoms with E-state index in [2.05, 4.69) is 12.4 Å². The topological polar surface area (TPSA) is 47.6 Å². The lowest BCUT2D eigenvalue weighted by atomic mass is 10.1. The lowest BCUT2D eigenvalue weighted by Crippen LogP contribution is -2.28. The Bertz CT molecular complexity index is 373. The molecular formula is C13H21NO3P. The van der Waals surface area contributed by atoms with Crippen molar-refractivity contribution in [3.05, 3.63) is 42.9 Å². The molecule has 0 bridgehead atoms. The Labute approximate surface area is 109 Å². The van der Waals surface area contributed by atoms with Crippen molar-refractivity contribution in [3.63, 3.8) is 0 Å². The molecule has 5 heteroatoms. The average molecular weight is 270 g/mol. The van der Waals surface area contributed by atoms with Gasteiger partial charge in [-0.3, -0.25) is 4.57 Å². The Morgan fingerprint density at radius 2 is 1.78 bits per heavy atom. The molecule has 4 nitrogen and oxygen atoms in total. The number of rotatable bonds is 8. The summed E-state index contributed by atoms with van der Waals surface area (Å²) in [5, 5.41) is 2.80. The van der Waals surface area contributed by atoms with E-state index in [4.69, 9.17) is 9.05 Å². The van der Waals surface area contributed by atoms with Crippen molar-refractivity contribution in [2.45, 2.75) is 26.1 Å². The Hall–Kier alpha value is -0.670. The summed E-state index contributed by atoms with van der Waals surface area (Å²) in [5.74, 6) is -0.431. The molecule has 0 aliphatic carbocycles. The van der Waals surface area contributed by atoms with E-state index in [9.17, 15) is 4.57 Å². The number of hydrogen-bond donors (Lipinski definition) is 1. The van der Waals surface area contributed by atoms with Crippen LogP contribution in [0.5, 0.6) is 0 Å². The van der Waals surface area contributed by atoms with Crippen LogP contribution in [0.3, 0.4) is 0 Å². The van der Waals surface area contributed by atoms with Gasteiger partial charge in [0, 0.05) is 7.05 Å². The van der Waals surface area contributed by atoms with Gasteiger partial charge in [-0.2, -0.15) is 0 Å². The van der Waals surface area contributed by atoms with Crippen LogP contribution in [0.4, 0.5) is 0 Å². The summed E-state index contributed by atoms with van der Waals surface area (Å²) in [4.78, 5) is 0. The maximum absolute atomic E-state index is 12.6. The van der Waals surface area contributed by atoms with E-state index in [1.165, 1.54) is 0 Å². The van der Waals surface area contributed by atoms with Gasteiger partial charge in [-0.1, -0.05) is 30.3 Å². The number of benzene rings is 1. The predicted molar refractivity (Wildman–Crippen MR) is 73.3 cm³/mol. The third-order valence-electron chi connectivity index (χ3n) is 2.51. The largest absolute Gasteiger partial charge is 0.347 e. The van der Waals surface area contributed by atoms with Crippen molar-refractivity contribution in [2.75, 3.05) is 13.2 Å². The van der Waals surface area contributed by atoms with Crippen molar-refractivity contribution < 1.29 is 13.6 Å². The van der Waals surface area contributed by atoms with Gasteiger partial charge in [-0.15, -0.1) is 0 Å². The summed E-state index contributed by atoms with van der Waals surface area (Å²) in [6, 6.07) is 9.80. The highest BCUT2D eigenvalue weighted by atomic mass is 31.2. The van der Waals surface area contributed by atoms with Gasteiger partial charge < -0.3 is 14.4 Å². The van der Waals surface area contributed by atoms with Gasteiger partial charge in [0.05, 0.1) is 13.2 Å². The van der Waals surface area contributed by atoms with Crippen LogP contribution in [-0.4, -0.2) is 19.0 Å². The van der Waals surface area contributed by atoms with Gasteiger partial charge in [0.15, 0.2) is 0 Å². The van der Waals surface area contributed by atoms with E-state index in [-0.39, 0.29) is 0 Å². The Balaban J connectivity index is 2.82. The summed E-state index contributed by atoms with van der Waals surface area (Å²) in [6.45, 7) is 4.30. The molecule has 0 saturated heterocycles. The van der Waals surface area contributed by atoms with Gasteiger partial charge in [-0.05, 0) is 25.8 Å². The van der Waals surface area contributed by atoms with Crippen LogP contribution < -0.4 is 5.32 Å². The minimum atomic E-state index is -3.17. The van der Waals surface area contributed by atoms with Crippen molar-refractivity contribution in [1.82, 2.24) is 5.32 Å². The Morgan fingerprint density at radius 1 is 1.22 bits per heavy atom. The van der Waals surface area contributed by atoms with Crippen LogP contribution in [0.2, 0.25) is 0 Å². The van der Waals surface area contributed by atoms with Crippen LogP contribution in [-0.2, 0) is 20.0 Å². The average Bonchev–Trinajstić information content (AvgIpc) is 2.37. The SMILES string of the molecule is [CH2]NC(Cc1ccccc1)P(=O)(OCC)OCC. The first-order valence-corrected chi connectivity index (χ1v) is 7.72. The molecule has 0 aliphatic rings. The van der Waals surface area contributed by atoms with Gasteiger partial charge in [0.1, 0.15) is 5.78 Å². The van der Waals surface area contributed by atoms with Gasteiger partial charge >= 0.3 is 7.60 Å². The van der Waals surface area contributed by atoms with Crippen LogP contribution in [0.1, 0.15) is 19.4 Å². The molecule has 1 aromatic rings. The highest BCUT2D eigenvalue weighted by molar-refractivity contribution is 7.54. The monoisotopic (exact) mass is 270 g/mol. The van der Waals surface area contributed by atoms with E-state index in [0.29, 0.717) is 19.6 Å². The van der Waals surface area contributed by atoms with E-state index in [1.54, 1.807) is 13.8 Å². The summed E-state index contributed by atoms with van der Waals surface area (Å²) in [6.07, 6.45) is 0.557. The second kappa shape index (κ2) is 7.70. The molecule has 1 atom stereocenters. The van der Waals surface area contributed by atoms with Crippen molar-refractivity contribution >= 4 is 7.60 Å². The third kappa shape index (κ3) is 4.21. The lowest BCUT2D eigenvalue weighted by molar-refractivity contribution is 0.209. The molecule has 1 radical (unpaired) electrons. The summed E-state index contributed by atoms with van der Waals surface area (Å²) >= 11 is 0. The standard InChI is InChI=1S/C13H21NO3P/c1-4-16-18(15,17-5-2)13(14-3)11-12-9-7-6-8-10-12/h6-10,13-14H,3-5,11H2,1-2H3. The molecule has 1 unspecified atom stereocenters. The van der Waals surface area contributed by atoms with Crippen molar-refractivity contribution in [2.24, 2.45) is 0 Å². The summed E-state index contributed by atoms with van der Waals surface area (Å²) in [7, 11) is 0.462. The van der Waals surface area contributed by atoms with Crippen LogP contribution >= 0.6 is 7.60 Å². The fraction of sp³-hybridized carbons (Fsp3) is 0.462. The number of nitrogens with one attached hydrogen (secondary N) is 1. The van der Waals surface area contributed by atoms with Crippen LogP contribution in [0.25, 0.3) is 0 Å². The molecule has 18 heavy (non-hydrogen) atoms. The van der Waals surface area contributed by atoms with E-state index in [0.717, 1.165) is 5.56 Å². The van der Waals surface area contributed by atoms with Crippen molar-refractivity contribution in [3.8, 4) is 0 Å². The fourth-order valence-corrected chi connectivity index (χ4v) is 3.52. The molecular weight excluding hydrogens is 249 g/mol. The Kier molecular flexibility index (Phi) is 6.58. The lowest BCUT2D eigenvalue weighted by Gasteiger charge is -2.25. The normalized spacial score (nSPS) is 13.5. The summed E-state index contributed by atoms with van der Waals surface area (Å²) in [5.41, 5.74) is 1.07. The molecule has 0 amide bonds. The zero-order valence-corrected chi connectivity index (χ0v) is 11.9. The third-order valence-corrected chi connectivity index (χ3v) is 4.87. The van der Waals surface area contributed by atoms with Gasteiger partial charge in [0.25, 0.3) is 0 Å². The first-order chi connectivity index (χ1) is 8.66. The van der Waals surface area contributed by atoms with Gasteiger partial charge in [-0.25, -0.2) is 0 Å². The summed E-state index contributed by atoms with van der Waals surface area (Å²) < 4.78 is 23.3. The Morgan fingerprint density at radius 3 is 2.22 bits per heavy atom. The van der Waals surface area contributed by atoms with Crippen molar-refractivity contribution in [1.29, 1.82) is 0 Å². The molecule has 0 fully saturated rings. The maximum atomic E-state index is 12.6. The predicted octanol–water partition coefficient (Wildman–Crippen LogP) is 3.20. The zero-order valence-electron chi connectivity index (χ0n) is 11.0. The molecule has 101 valence electrons. The minimum Gasteiger partial charge on any atom is -0.308 e. The van der Waals surface area contributed by atoms with E-state index in [1.807, 2.05) is 30.3 Å². The smallest absolute Gasteiger partial charge is 0.308 e. The highest BCUT2D eigenvalue weighted by Gasteiger charge is 2.34. The highest BCUT2D eigenvalue weighted by Crippen LogP contribution is 2.52. The van der Waals surface area contributed by atoms with Crippen LogP contribution in [0.15, 0.2) is 30.3 Å². The second-order valence-corrected chi connectivity index (χ2v) is 6.00. The second-order valence-electron chi connectivity index (χ2n) is 3.79. The van der Waals surface area contributed by atoms with E-state index < -0.39 is 13.4 Å². The zero-order chi connectivity index (χ0) is 13.4. The molecule has 1 aromatic carbocycles. The molecule has 1 N–H and O–H groups in total. The molecule has 0 aliphatic heterocycles. The minimum absolute atomic E-state index is 0.351. The molecule has 1 rings (SSSR count). The fourth-order valence-electron chi connectivity index (χ4n) is 1.71. The first kappa shape index (κ1) is 15.4. The molecule has 0 saturated carbocycles. The maximum Gasteiger partial charge on any atom is 0.347 e. The molecule has 0 heterocycles. The first-order valence-electron chi connectivity index (χ1n) is 6.11.